The minimum atomic E-state index is -1.21. The maximum atomic E-state index is 13.4. The number of carbonyl (C=O) groups excluding carboxylic acids is 5. The summed E-state index contributed by atoms with van der Waals surface area (Å²) in [6.07, 6.45) is 2.32. The summed E-state index contributed by atoms with van der Waals surface area (Å²) in [6.45, 7) is 5.75. The fourth-order valence-corrected chi connectivity index (χ4v) is 4.56. The Labute approximate surface area is 231 Å². The predicted molar refractivity (Wildman–Crippen MR) is 142 cm³/mol. The number of rotatable bonds is 12. The number of ketones is 1. The molecule has 208 valence electrons. The molecule has 4 N–H and O–H groups in total. The molecule has 0 aromatic heterocycles. The topological polar surface area (TPSA) is 143 Å². The first-order chi connectivity index (χ1) is 17.8. The van der Waals surface area contributed by atoms with Crippen LogP contribution in [0.4, 0.5) is 0 Å². The largest absolute Gasteiger partial charge is 0.482 e. The average molecular weight is 569 g/mol. The van der Waals surface area contributed by atoms with Gasteiger partial charge in [-0.3, -0.25) is 24.0 Å². The lowest BCUT2D eigenvalue weighted by molar-refractivity contribution is -0.141. The molecule has 3 rings (SSSR count). The van der Waals surface area contributed by atoms with E-state index < -0.39 is 48.1 Å². The Morgan fingerprint density at radius 2 is 1.79 bits per heavy atom. The van der Waals surface area contributed by atoms with Crippen molar-refractivity contribution < 1.29 is 28.7 Å². The van der Waals surface area contributed by atoms with Crippen molar-refractivity contribution in [3.63, 3.8) is 0 Å². The number of nitrogens with one attached hydrogen (secondary N) is 4. The van der Waals surface area contributed by atoms with Gasteiger partial charge < -0.3 is 26.0 Å². The Hall–Kier alpha value is -2.85. The summed E-state index contributed by atoms with van der Waals surface area (Å²) in [7, 11) is 0. The molecule has 1 aromatic carbocycles. The van der Waals surface area contributed by atoms with Gasteiger partial charge in [-0.2, -0.15) is 0 Å². The van der Waals surface area contributed by atoms with E-state index in [4.69, 9.17) is 27.9 Å². The maximum absolute atomic E-state index is 13.4. The Morgan fingerprint density at radius 1 is 1.08 bits per heavy atom. The van der Waals surface area contributed by atoms with Gasteiger partial charge in [0.2, 0.25) is 17.6 Å². The molecule has 1 heterocycles. The van der Waals surface area contributed by atoms with Gasteiger partial charge >= 0.3 is 0 Å². The van der Waals surface area contributed by atoms with Crippen molar-refractivity contribution in [1.29, 1.82) is 0 Å². The Balaban J connectivity index is 1.69. The van der Waals surface area contributed by atoms with Crippen molar-refractivity contribution in [1.82, 2.24) is 21.3 Å². The molecule has 0 spiro atoms. The highest BCUT2D eigenvalue weighted by Gasteiger charge is 2.37. The first-order valence-electron chi connectivity index (χ1n) is 12.6. The summed E-state index contributed by atoms with van der Waals surface area (Å²) in [6, 6.07) is 2.30. The van der Waals surface area contributed by atoms with E-state index >= 15 is 0 Å². The van der Waals surface area contributed by atoms with E-state index in [0.29, 0.717) is 18.0 Å². The van der Waals surface area contributed by atoms with Crippen LogP contribution in [-0.4, -0.2) is 60.7 Å². The summed E-state index contributed by atoms with van der Waals surface area (Å²) in [5.74, 6) is -3.29. The average Bonchev–Trinajstić information content (AvgIpc) is 3.55. The second-order valence-corrected chi connectivity index (χ2v) is 11.8. The number of halogens is 2. The predicted octanol–water partition coefficient (Wildman–Crippen LogP) is 2.15. The van der Waals surface area contributed by atoms with Gasteiger partial charge in [-0.15, -0.1) is 0 Å². The van der Waals surface area contributed by atoms with Gasteiger partial charge in [0.15, 0.2) is 6.61 Å². The number of carbonyl (C=O) groups is 5. The van der Waals surface area contributed by atoms with Crippen molar-refractivity contribution in [2.24, 2.45) is 11.3 Å². The van der Waals surface area contributed by atoms with Crippen LogP contribution in [-0.2, 0) is 24.0 Å². The lowest BCUT2D eigenvalue weighted by atomic mass is 9.87. The molecule has 0 radical (unpaired) electrons. The fraction of sp³-hybridized carbons (Fsp3) is 0.577. The van der Waals surface area contributed by atoms with Crippen LogP contribution in [0.15, 0.2) is 18.2 Å². The van der Waals surface area contributed by atoms with Crippen LogP contribution in [0.1, 0.15) is 52.9 Å². The molecule has 10 nitrogen and oxygen atoms in total. The Bertz CT molecular complexity index is 1090. The van der Waals surface area contributed by atoms with Gasteiger partial charge in [0.05, 0.1) is 11.1 Å². The third-order valence-electron chi connectivity index (χ3n) is 6.17. The van der Waals surface area contributed by atoms with Crippen LogP contribution in [0.2, 0.25) is 10.0 Å². The lowest BCUT2D eigenvalue weighted by Crippen LogP contribution is -2.55. The van der Waals surface area contributed by atoms with Crippen LogP contribution >= 0.6 is 23.2 Å². The summed E-state index contributed by atoms with van der Waals surface area (Å²) in [4.78, 5) is 63.7. The highest BCUT2D eigenvalue weighted by atomic mass is 35.5. The molecule has 4 amide bonds. The van der Waals surface area contributed by atoms with E-state index in [9.17, 15) is 24.0 Å². The number of benzene rings is 1. The van der Waals surface area contributed by atoms with E-state index in [1.165, 1.54) is 12.1 Å². The number of amides is 4. The summed E-state index contributed by atoms with van der Waals surface area (Å²) < 4.78 is 5.47. The van der Waals surface area contributed by atoms with E-state index in [2.05, 4.69) is 21.3 Å². The van der Waals surface area contributed by atoms with Crippen molar-refractivity contribution in [3.8, 4) is 5.75 Å². The third kappa shape index (κ3) is 9.16. The Morgan fingerprint density at radius 3 is 2.37 bits per heavy atom. The molecule has 1 saturated heterocycles. The molecule has 1 saturated carbocycles. The van der Waals surface area contributed by atoms with Crippen LogP contribution in [0, 0.1) is 11.3 Å². The Kier molecular flexibility index (Phi) is 10.0. The molecular weight excluding hydrogens is 535 g/mol. The van der Waals surface area contributed by atoms with Crippen molar-refractivity contribution >= 4 is 52.6 Å². The molecule has 38 heavy (non-hydrogen) atoms. The summed E-state index contributed by atoms with van der Waals surface area (Å²) >= 11 is 12.0. The minimum Gasteiger partial charge on any atom is -0.482 e. The van der Waals surface area contributed by atoms with E-state index in [1.54, 1.807) is 6.07 Å². The van der Waals surface area contributed by atoms with Crippen molar-refractivity contribution in [2.45, 2.75) is 71.0 Å². The quantitative estimate of drug-likeness (QED) is 0.284. The van der Waals surface area contributed by atoms with E-state index in [1.807, 2.05) is 20.8 Å². The van der Waals surface area contributed by atoms with E-state index in [-0.39, 0.29) is 41.0 Å². The molecule has 12 heteroatoms. The zero-order valence-corrected chi connectivity index (χ0v) is 23.2. The van der Waals surface area contributed by atoms with Crippen LogP contribution < -0.4 is 26.0 Å². The highest BCUT2D eigenvalue weighted by molar-refractivity contribution is 6.38. The van der Waals surface area contributed by atoms with Crippen LogP contribution in [0.25, 0.3) is 0 Å². The van der Waals surface area contributed by atoms with Gasteiger partial charge in [-0.05, 0) is 55.7 Å². The monoisotopic (exact) mass is 568 g/mol. The number of Topliss-reactive ketones (excluding diaryl/α,β-unsaturated/α-hetero) is 1. The van der Waals surface area contributed by atoms with Crippen LogP contribution in [0.5, 0.6) is 5.75 Å². The first-order valence-corrected chi connectivity index (χ1v) is 13.4. The molecule has 1 aliphatic heterocycles. The smallest absolute Gasteiger partial charge is 0.289 e. The first kappa shape index (κ1) is 29.7. The molecule has 2 unspecified atom stereocenters. The number of hydrogen-bond acceptors (Lipinski definition) is 6. The van der Waals surface area contributed by atoms with Gasteiger partial charge in [-0.25, -0.2) is 0 Å². The molecule has 2 fully saturated rings. The zero-order valence-electron chi connectivity index (χ0n) is 21.7. The molecule has 1 aromatic rings. The van der Waals surface area contributed by atoms with Gasteiger partial charge in [0.1, 0.15) is 11.8 Å². The standard InChI is InChI=1S/C26H34Cl2N4O6/c1-26(2,3)12-19(31-21(33)13-38-20-7-4-15(27)11-17(20)28)24(36)32-18(10-14-8-9-29-23(14)35)22(34)25(37)30-16-5-6-16/h4,7,11,14,16,18-19H,5-6,8-10,12-13H2,1-3H3,(H,29,35)(H,30,37)(H,31,33)(H,32,36)/t14-,18?,19?/m0/s1. The van der Waals surface area contributed by atoms with Crippen LogP contribution in [0.3, 0.4) is 0 Å². The minimum absolute atomic E-state index is 0.0111. The third-order valence-corrected chi connectivity index (χ3v) is 6.70. The summed E-state index contributed by atoms with van der Waals surface area (Å²) in [5, 5.41) is 11.3. The fourth-order valence-electron chi connectivity index (χ4n) is 4.09. The van der Waals surface area contributed by atoms with E-state index in [0.717, 1.165) is 12.8 Å². The molecule has 1 aliphatic carbocycles. The number of hydrogen-bond donors (Lipinski definition) is 4. The second kappa shape index (κ2) is 12.8. The molecular formula is C26H34Cl2N4O6. The zero-order chi connectivity index (χ0) is 28.0. The normalized spacial score (nSPS) is 18.7. The molecule has 2 aliphatic rings. The maximum Gasteiger partial charge on any atom is 0.289 e. The highest BCUT2D eigenvalue weighted by Crippen LogP contribution is 2.27. The van der Waals surface area contributed by atoms with Gasteiger partial charge in [0.25, 0.3) is 11.8 Å². The van der Waals surface area contributed by atoms with Crippen molar-refractivity contribution in [2.75, 3.05) is 13.2 Å². The van der Waals surface area contributed by atoms with Gasteiger partial charge in [-0.1, -0.05) is 44.0 Å². The lowest BCUT2D eigenvalue weighted by Gasteiger charge is -2.28. The second-order valence-electron chi connectivity index (χ2n) is 10.9. The SMILES string of the molecule is CC(C)(C)CC(NC(=O)COc1ccc(Cl)cc1Cl)C(=O)NC(C[C@@H]1CCNC1=O)C(=O)C(=O)NC1CC1. The number of ether oxygens (including phenoxy) is 1. The van der Waals surface area contributed by atoms with Gasteiger partial charge in [0, 0.05) is 23.5 Å². The molecule has 3 atom stereocenters. The molecule has 0 bridgehead atoms. The van der Waals surface area contributed by atoms with Crippen molar-refractivity contribution in [3.05, 3.63) is 28.2 Å². The summed E-state index contributed by atoms with van der Waals surface area (Å²) in [5.41, 5.74) is -0.371.